The molecule has 0 aliphatic heterocycles. The summed E-state index contributed by atoms with van der Waals surface area (Å²) >= 11 is 5.90. The first kappa shape index (κ1) is 21.1. The Labute approximate surface area is 168 Å². The predicted molar refractivity (Wildman–Crippen MR) is 110 cm³/mol. The largest absolute Gasteiger partial charge is 0.763 e. The van der Waals surface area contributed by atoms with E-state index < -0.39 is 5.97 Å². The van der Waals surface area contributed by atoms with Crippen molar-refractivity contribution in [3.8, 4) is 0 Å². The Morgan fingerprint density at radius 3 is 2.29 bits per heavy atom. The van der Waals surface area contributed by atoms with Crippen molar-refractivity contribution in [3.63, 3.8) is 0 Å². The summed E-state index contributed by atoms with van der Waals surface area (Å²) < 4.78 is 6.45. The molecule has 0 spiro atoms. The van der Waals surface area contributed by atoms with Crippen LogP contribution in [0.25, 0.3) is 11.1 Å². The zero-order valence-corrected chi connectivity index (χ0v) is 16.6. The minimum Gasteiger partial charge on any atom is -0.763 e. The number of rotatable bonds is 7. The number of pyridine rings is 1. The molecule has 0 bridgehead atoms. The van der Waals surface area contributed by atoms with Gasteiger partial charge in [-0.3, -0.25) is 10.7 Å². The Hall–Kier alpha value is -3.21. The number of hydrogen-bond donors (Lipinski definition) is 0. The maximum absolute atomic E-state index is 13.1. The molecule has 0 fully saturated rings. The molecule has 28 heavy (non-hydrogen) atoms. The Kier molecular flexibility index (Phi) is 7.27. The molecule has 1 heterocycles. The van der Waals surface area contributed by atoms with Crippen molar-refractivity contribution in [3.05, 3.63) is 76.4 Å². The fraction of sp³-hybridized carbons (Fsp3) is 0.190. The first-order chi connectivity index (χ1) is 13.4. The minimum absolute atomic E-state index is 0.128. The van der Waals surface area contributed by atoms with Gasteiger partial charge in [0.15, 0.2) is 12.4 Å². The van der Waals surface area contributed by atoms with E-state index in [9.17, 15) is 15.0 Å². The molecule has 6 nitrogen and oxygen atoms in total. The van der Waals surface area contributed by atoms with Crippen molar-refractivity contribution >= 4 is 40.6 Å². The first-order valence-electron chi connectivity index (χ1n) is 8.52. The first-order valence-corrected chi connectivity index (χ1v) is 8.90. The summed E-state index contributed by atoms with van der Waals surface area (Å²) in [5.74, 6) is 0.658. The van der Waals surface area contributed by atoms with Crippen LogP contribution < -0.4 is 9.47 Å². The van der Waals surface area contributed by atoms with Gasteiger partial charge in [0.05, 0.1) is 12.2 Å². The maximum atomic E-state index is 13.1. The Morgan fingerprint density at radius 1 is 1.18 bits per heavy atom. The quantitative estimate of drug-likeness (QED) is 0.180. The number of ether oxygens (including phenoxy) is 1. The van der Waals surface area contributed by atoms with Crippen LogP contribution >= 0.6 is 11.6 Å². The number of anilines is 1. The molecule has 144 valence electrons. The zero-order valence-electron chi connectivity index (χ0n) is 15.8. The summed E-state index contributed by atoms with van der Waals surface area (Å²) in [5, 5.41) is 9.85. The van der Waals surface area contributed by atoms with Gasteiger partial charge < -0.3 is 15.0 Å². The van der Waals surface area contributed by atoms with Gasteiger partial charge in [0.1, 0.15) is 0 Å². The highest BCUT2D eigenvalue weighted by Gasteiger charge is 2.24. The average molecular weight is 398 g/mol. The highest BCUT2D eigenvalue weighted by Crippen LogP contribution is 2.16. The van der Waals surface area contributed by atoms with E-state index in [-0.39, 0.29) is 23.7 Å². The molecule has 0 saturated heterocycles. The Balaban J connectivity index is 2.55. The van der Waals surface area contributed by atoms with Gasteiger partial charge in [-0.2, -0.15) is 4.57 Å². The SMILES string of the molecule is CCOC(=O)C(=C=[N-])/C=C(/C(=O)c1ccc(Cl)cc1)[n+]1ccc(N(C)C)cc1. The molecule has 0 saturated carbocycles. The predicted octanol–water partition coefficient (Wildman–Crippen LogP) is 3.15. The number of allylic oxidation sites excluding steroid dienone is 1. The lowest BCUT2D eigenvalue weighted by Crippen LogP contribution is -2.36. The monoisotopic (exact) mass is 397 g/mol. The van der Waals surface area contributed by atoms with Gasteiger partial charge in [0.25, 0.3) is 11.5 Å². The highest BCUT2D eigenvalue weighted by molar-refractivity contribution is 6.31. The Bertz CT molecular complexity index is 942. The molecular formula is C21H20ClN3O3. The molecule has 7 heteroatoms. The van der Waals surface area contributed by atoms with Crippen LogP contribution in [-0.4, -0.2) is 38.3 Å². The van der Waals surface area contributed by atoms with Crippen LogP contribution in [0.1, 0.15) is 17.3 Å². The highest BCUT2D eigenvalue weighted by atomic mass is 35.5. The van der Waals surface area contributed by atoms with E-state index in [0.717, 1.165) is 5.69 Å². The van der Waals surface area contributed by atoms with Crippen LogP contribution in [0.15, 0.2) is 60.4 Å². The van der Waals surface area contributed by atoms with Crippen LogP contribution in [-0.2, 0) is 9.53 Å². The number of aromatic nitrogens is 1. The standard InChI is InChI=1S/C21H20ClN3O3/c1-4-28-21(27)16(14-23)13-19(20(26)15-5-7-17(22)8-6-15)25-11-9-18(10-12-25)24(2)3/h5-13H,4H2,1-3H3/b19-13-. The summed E-state index contributed by atoms with van der Waals surface area (Å²) in [5.41, 5.74) is 1.19. The second kappa shape index (κ2) is 9.65. The fourth-order valence-corrected chi connectivity index (χ4v) is 2.49. The van der Waals surface area contributed by atoms with Gasteiger partial charge in [-0.25, -0.2) is 4.79 Å². The molecule has 2 rings (SSSR count). The number of esters is 1. The number of hydrogen-bond acceptors (Lipinski definition) is 4. The molecule has 0 amide bonds. The number of nitrogens with zero attached hydrogens (tertiary/aromatic N) is 3. The number of carbonyl (C=O) groups excluding carboxylic acids is 2. The molecular weight excluding hydrogens is 378 g/mol. The molecule has 0 atom stereocenters. The normalized spacial score (nSPS) is 10.8. The third-order valence-electron chi connectivity index (χ3n) is 3.84. The lowest BCUT2D eigenvalue weighted by Gasteiger charge is -2.11. The lowest BCUT2D eigenvalue weighted by atomic mass is 10.1. The second-order valence-corrected chi connectivity index (χ2v) is 6.41. The molecule has 1 aromatic heterocycles. The summed E-state index contributed by atoms with van der Waals surface area (Å²) in [6.07, 6.45) is 4.62. The van der Waals surface area contributed by atoms with Crippen molar-refractivity contribution in [1.82, 2.24) is 0 Å². The van der Waals surface area contributed by atoms with Gasteiger partial charge in [0.2, 0.25) is 0 Å². The smallest absolute Gasteiger partial charge is 0.344 e. The third kappa shape index (κ3) is 5.16. The van der Waals surface area contributed by atoms with Crippen molar-refractivity contribution in [1.29, 1.82) is 0 Å². The van der Waals surface area contributed by atoms with E-state index in [1.807, 2.05) is 31.1 Å². The van der Waals surface area contributed by atoms with E-state index in [1.54, 1.807) is 54.0 Å². The van der Waals surface area contributed by atoms with Crippen molar-refractivity contribution in [2.24, 2.45) is 0 Å². The van der Waals surface area contributed by atoms with Crippen LogP contribution in [0.4, 0.5) is 5.69 Å². The van der Waals surface area contributed by atoms with E-state index in [1.165, 1.54) is 6.08 Å². The van der Waals surface area contributed by atoms with Crippen LogP contribution in [0.5, 0.6) is 0 Å². The van der Waals surface area contributed by atoms with Crippen molar-refractivity contribution in [2.45, 2.75) is 6.92 Å². The molecule has 2 aromatic rings. The number of carbonyl (C=O) groups is 2. The van der Waals surface area contributed by atoms with Crippen LogP contribution in [0, 0.1) is 0 Å². The summed E-state index contributed by atoms with van der Waals surface area (Å²) in [4.78, 5) is 27.0. The fourth-order valence-electron chi connectivity index (χ4n) is 2.37. The maximum Gasteiger partial charge on any atom is 0.344 e. The molecule has 0 aliphatic carbocycles. The molecule has 0 N–H and O–H groups in total. The van der Waals surface area contributed by atoms with Crippen molar-refractivity contribution in [2.75, 3.05) is 25.6 Å². The van der Waals surface area contributed by atoms with Gasteiger partial charge in [0, 0.05) is 48.6 Å². The van der Waals surface area contributed by atoms with Crippen LogP contribution in [0.3, 0.4) is 0 Å². The van der Waals surface area contributed by atoms with Gasteiger partial charge >= 0.3 is 5.97 Å². The van der Waals surface area contributed by atoms with E-state index in [2.05, 4.69) is 0 Å². The zero-order chi connectivity index (χ0) is 20.7. The third-order valence-corrected chi connectivity index (χ3v) is 4.09. The van der Waals surface area contributed by atoms with E-state index in [0.29, 0.717) is 10.6 Å². The second-order valence-electron chi connectivity index (χ2n) is 5.97. The topological polar surface area (TPSA) is 72.8 Å². The summed E-state index contributed by atoms with van der Waals surface area (Å²) in [7, 11) is 3.80. The lowest BCUT2D eigenvalue weighted by molar-refractivity contribution is -0.576. The molecule has 1 aromatic carbocycles. The molecule has 0 unspecified atom stereocenters. The summed E-state index contributed by atoms with van der Waals surface area (Å²) in [6.45, 7) is 1.77. The van der Waals surface area contributed by atoms with Gasteiger partial charge in [-0.05, 0) is 31.2 Å². The number of benzene rings is 1. The number of Topliss-reactive ketones (excluding diaryl/α,β-unsaturated/α-hetero) is 1. The van der Waals surface area contributed by atoms with Crippen LogP contribution in [0.2, 0.25) is 5.02 Å². The Morgan fingerprint density at radius 2 is 1.79 bits per heavy atom. The van der Waals surface area contributed by atoms with E-state index >= 15 is 0 Å². The molecule has 0 aliphatic rings. The van der Waals surface area contributed by atoms with Gasteiger partial charge in [-0.1, -0.05) is 11.6 Å². The summed E-state index contributed by atoms with van der Waals surface area (Å²) in [6, 6.07) is 10.0. The number of halogens is 1. The average Bonchev–Trinajstić information content (AvgIpc) is 2.69. The van der Waals surface area contributed by atoms with Gasteiger partial charge in [-0.15, -0.1) is 0 Å². The number of ketones is 1. The molecule has 0 radical (unpaired) electrons. The van der Waals surface area contributed by atoms with Crippen molar-refractivity contribution < 1.29 is 18.9 Å². The van der Waals surface area contributed by atoms with E-state index in [4.69, 9.17) is 16.3 Å². The minimum atomic E-state index is -0.781.